The number of phenolic OH excluding ortho intramolecular Hbond substituents is 1. The number of carbonyl (C=O) groups excluding carboxylic acids is 4. The molecule has 3 fully saturated rings. The highest BCUT2D eigenvalue weighted by Crippen LogP contribution is 2.65. The number of amides is 4. The molecule has 3 aromatic carbocycles. The van der Waals surface area contributed by atoms with Gasteiger partial charge in [-0.05, 0) is 54.3 Å². The number of carboxylic acids is 1. The number of allylic oxidation sites excluding steroid dienone is 2. The average Bonchev–Trinajstić information content (AvgIpc) is 3.53. The number of imide groups is 2. The van der Waals surface area contributed by atoms with Crippen LogP contribution in [0.3, 0.4) is 0 Å². The van der Waals surface area contributed by atoms with Gasteiger partial charge in [0.25, 0.3) is 11.8 Å². The number of rotatable bonds is 8. The van der Waals surface area contributed by atoms with Gasteiger partial charge in [0.2, 0.25) is 11.8 Å². The monoisotopic (exact) mass is 806 g/mol. The molecule has 16 heteroatoms. The molecule has 4 aliphatic rings. The Kier molecular flexibility index (Phi) is 9.11. The van der Waals surface area contributed by atoms with Crippen LogP contribution in [0.2, 0.25) is 10.0 Å². The van der Waals surface area contributed by atoms with Crippen molar-refractivity contribution in [1.29, 1.82) is 0 Å². The van der Waals surface area contributed by atoms with Crippen LogP contribution < -0.4 is 5.43 Å². The predicted octanol–water partition coefficient (Wildman–Crippen LogP) is 7.12. The number of alkyl halides is 3. The molecule has 56 heavy (non-hydrogen) atoms. The molecule has 288 valence electrons. The van der Waals surface area contributed by atoms with Crippen molar-refractivity contribution in [2.45, 2.75) is 43.2 Å². The molecule has 0 unspecified atom stereocenters. The number of aromatic hydroxyl groups is 1. The number of hydrogen-bond acceptors (Lipinski definition) is 8. The first kappa shape index (κ1) is 37.5. The number of likely N-dealkylation sites (tertiary alicyclic amines) is 1. The van der Waals surface area contributed by atoms with Crippen LogP contribution >= 0.6 is 23.2 Å². The van der Waals surface area contributed by atoms with Crippen molar-refractivity contribution in [3.8, 4) is 5.75 Å². The number of aliphatic carboxylic acids is 1. The van der Waals surface area contributed by atoms with E-state index in [1.165, 1.54) is 0 Å². The van der Waals surface area contributed by atoms with Crippen LogP contribution in [0.5, 0.6) is 5.75 Å². The van der Waals surface area contributed by atoms with E-state index in [1.54, 1.807) is 66.7 Å². The Balaban J connectivity index is 1.32. The molecule has 0 bridgehead atoms. The zero-order chi connectivity index (χ0) is 39.8. The summed E-state index contributed by atoms with van der Waals surface area (Å²) in [5, 5.41) is 22.9. The molecule has 2 aliphatic heterocycles. The lowest BCUT2D eigenvalue weighted by atomic mass is 9.49. The van der Waals surface area contributed by atoms with Crippen molar-refractivity contribution < 1.29 is 47.4 Å². The summed E-state index contributed by atoms with van der Waals surface area (Å²) in [6.45, 7) is -0.109. The second-order valence-electron chi connectivity index (χ2n) is 14.5. The van der Waals surface area contributed by atoms with E-state index in [0.717, 1.165) is 4.90 Å². The number of benzene rings is 3. The Hall–Kier alpha value is -5.47. The number of aromatic nitrogens is 1. The second kappa shape index (κ2) is 13.6. The first-order valence-electron chi connectivity index (χ1n) is 17.8. The van der Waals surface area contributed by atoms with Gasteiger partial charge in [-0.1, -0.05) is 83.4 Å². The molecule has 3 N–H and O–H groups in total. The zero-order valence-electron chi connectivity index (χ0n) is 29.1. The van der Waals surface area contributed by atoms with Gasteiger partial charge in [-0.3, -0.25) is 34.3 Å². The van der Waals surface area contributed by atoms with E-state index in [1.807, 2.05) is 0 Å². The first-order chi connectivity index (χ1) is 26.6. The molecule has 2 saturated heterocycles. The fourth-order valence-electron chi connectivity index (χ4n) is 9.31. The quantitative estimate of drug-likeness (QED) is 0.125. The number of nitrogens with zero attached hydrogens (tertiary/aromatic N) is 3. The minimum Gasteiger partial charge on any atom is -0.507 e. The van der Waals surface area contributed by atoms with Crippen LogP contribution in [0.4, 0.5) is 19.0 Å². The van der Waals surface area contributed by atoms with E-state index in [2.05, 4.69) is 10.4 Å². The molecule has 3 heterocycles. The molecule has 4 amide bonds. The number of hydrazine groups is 1. The van der Waals surface area contributed by atoms with Crippen LogP contribution in [-0.4, -0.2) is 61.2 Å². The summed E-state index contributed by atoms with van der Waals surface area (Å²) in [6, 6.07) is 17.4. The summed E-state index contributed by atoms with van der Waals surface area (Å²) < 4.78 is 40.5. The van der Waals surface area contributed by atoms with Crippen molar-refractivity contribution in [2.75, 3.05) is 12.0 Å². The number of halogens is 5. The van der Waals surface area contributed by atoms with Gasteiger partial charge in [0, 0.05) is 41.1 Å². The third-order valence-electron chi connectivity index (χ3n) is 11.7. The first-order valence-corrected chi connectivity index (χ1v) is 18.5. The lowest BCUT2D eigenvalue weighted by Crippen LogP contribution is -2.53. The molecule has 6 atom stereocenters. The van der Waals surface area contributed by atoms with E-state index < -0.39 is 87.2 Å². The van der Waals surface area contributed by atoms with Crippen molar-refractivity contribution in [3.63, 3.8) is 0 Å². The van der Waals surface area contributed by atoms with Gasteiger partial charge in [0.15, 0.2) is 5.82 Å². The Morgan fingerprint density at radius 2 is 1.70 bits per heavy atom. The van der Waals surface area contributed by atoms with Gasteiger partial charge in [0.05, 0.1) is 33.8 Å². The van der Waals surface area contributed by atoms with Crippen LogP contribution in [0.1, 0.15) is 48.3 Å². The van der Waals surface area contributed by atoms with Gasteiger partial charge < -0.3 is 10.2 Å². The number of phenols is 1. The molecule has 0 spiro atoms. The third-order valence-corrected chi connectivity index (χ3v) is 12.2. The topological polar surface area (TPSA) is 157 Å². The molecular formula is C40H31Cl2F3N4O7. The normalized spacial score (nSPS) is 25.9. The highest BCUT2D eigenvalue weighted by Gasteiger charge is 2.70. The highest BCUT2D eigenvalue weighted by molar-refractivity contribution is 6.33. The standard InChI is InChI=1S/C40H31Cl2F3N4O7/c41-22-10-8-20(9-11-22)39-28(36(54)49(38(39)56)47-34-29(42)16-21(18-46-34)40(43,44)45)17-27-24(32(39)26-12-7-19-4-1-2-5-23(19)33(26)52)13-14-25-31(27)37(55)48(35(25)53)15-3-6-30(50)51/h1-2,4-5,7-13,16,18,25,27-28,31-32,52H,3,6,14-15,17H2,(H,46,47)(H,50,51)/t25-,27+,28-,31-,32+,39+/m0/s1. The van der Waals surface area contributed by atoms with E-state index in [9.17, 15) is 42.6 Å². The molecule has 11 nitrogen and oxygen atoms in total. The van der Waals surface area contributed by atoms with Crippen molar-refractivity contribution >= 4 is 69.4 Å². The van der Waals surface area contributed by atoms with E-state index in [-0.39, 0.29) is 43.5 Å². The number of pyridine rings is 1. The number of carboxylic acid groups (broad SMARTS) is 1. The van der Waals surface area contributed by atoms with Gasteiger partial charge in [-0.2, -0.15) is 18.2 Å². The Bertz CT molecular complexity index is 2390. The molecule has 2 aliphatic carbocycles. The summed E-state index contributed by atoms with van der Waals surface area (Å²) in [4.78, 5) is 74.3. The fourth-order valence-corrected chi connectivity index (χ4v) is 9.64. The van der Waals surface area contributed by atoms with Crippen molar-refractivity contribution in [3.05, 3.63) is 111 Å². The minimum atomic E-state index is -4.77. The van der Waals surface area contributed by atoms with E-state index in [4.69, 9.17) is 23.2 Å². The SMILES string of the molecule is O=C(O)CCCN1C(=O)[C@H]2[C@H](CC=C3[C@H]2C[C@H]2C(=O)N(Nc4ncc(C(F)(F)F)cc4Cl)C(=O)[C@@]2(c2ccc(Cl)cc2)[C@H]3c2ccc3ccccc3c2O)C1=O. The Morgan fingerprint density at radius 3 is 2.39 bits per heavy atom. The largest absolute Gasteiger partial charge is 0.507 e. The smallest absolute Gasteiger partial charge is 0.417 e. The summed E-state index contributed by atoms with van der Waals surface area (Å²) in [6.07, 6.45) is -2.69. The summed E-state index contributed by atoms with van der Waals surface area (Å²) >= 11 is 12.6. The number of hydrogen-bond donors (Lipinski definition) is 3. The maximum absolute atomic E-state index is 15.4. The number of anilines is 1. The average molecular weight is 808 g/mol. The lowest BCUT2D eigenvalue weighted by Gasteiger charge is -2.50. The molecular weight excluding hydrogens is 776 g/mol. The maximum atomic E-state index is 15.4. The molecule has 8 rings (SSSR count). The van der Waals surface area contributed by atoms with Crippen molar-refractivity contribution in [2.24, 2.45) is 23.7 Å². The number of carbonyl (C=O) groups is 5. The Labute approximate surface area is 326 Å². The van der Waals surface area contributed by atoms with Crippen LogP contribution in [0, 0.1) is 23.7 Å². The van der Waals surface area contributed by atoms with Gasteiger partial charge in [0.1, 0.15) is 5.75 Å². The highest BCUT2D eigenvalue weighted by atomic mass is 35.5. The van der Waals surface area contributed by atoms with Gasteiger partial charge in [-0.15, -0.1) is 0 Å². The van der Waals surface area contributed by atoms with Crippen LogP contribution in [-0.2, 0) is 35.6 Å². The number of fused-ring (bicyclic) bond motifs is 5. The molecule has 4 aromatic rings. The zero-order valence-corrected chi connectivity index (χ0v) is 30.6. The summed E-state index contributed by atoms with van der Waals surface area (Å²) in [7, 11) is 0. The van der Waals surface area contributed by atoms with Crippen LogP contribution in [0.25, 0.3) is 10.8 Å². The minimum absolute atomic E-state index is 0.0429. The summed E-state index contributed by atoms with van der Waals surface area (Å²) in [5.41, 5.74) is 0.749. The van der Waals surface area contributed by atoms with E-state index >= 15 is 4.79 Å². The second-order valence-corrected chi connectivity index (χ2v) is 15.3. The van der Waals surface area contributed by atoms with E-state index in [0.29, 0.717) is 44.2 Å². The maximum Gasteiger partial charge on any atom is 0.417 e. The third kappa shape index (κ3) is 5.71. The van der Waals surface area contributed by atoms with Gasteiger partial charge in [-0.25, -0.2) is 4.98 Å². The fraction of sp³-hybridized carbons (Fsp3) is 0.300. The summed E-state index contributed by atoms with van der Waals surface area (Å²) in [5.74, 6) is -9.21. The Morgan fingerprint density at radius 1 is 0.964 bits per heavy atom. The predicted molar refractivity (Wildman–Crippen MR) is 196 cm³/mol. The lowest BCUT2D eigenvalue weighted by molar-refractivity contribution is -0.142. The molecule has 0 radical (unpaired) electrons. The molecule has 1 saturated carbocycles. The number of nitrogens with one attached hydrogen (secondary N) is 1. The van der Waals surface area contributed by atoms with Crippen LogP contribution in [0.15, 0.2) is 84.6 Å². The van der Waals surface area contributed by atoms with Gasteiger partial charge >= 0.3 is 12.1 Å². The molecule has 1 aromatic heterocycles. The van der Waals surface area contributed by atoms with Crippen molar-refractivity contribution in [1.82, 2.24) is 14.9 Å².